The molecule has 1 rings (SSSR count). The molecule has 0 aliphatic carbocycles. The summed E-state index contributed by atoms with van der Waals surface area (Å²) in [6, 6.07) is 0. The van der Waals surface area contributed by atoms with Crippen LogP contribution >= 0.6 is 0 Å². The van der Waals surface area contributed by atoms with E-state index < -0.39 is 5.97 Å². The Morgan fingerprint density at radius 2 is 1.44 bits per heavy atom. The van der Waals surface area contributed by atoms with E-state index in [1.807, 2.05) is 0 Å². The predicted octanol–water partition coefficient (Wildman–Crippen LogP) is 5.41. The van der Waals surface area contributed by atoms with Crippen molar-refractivity contribution in [3.8, 4) is 0 Å². The summed E-state index contributed by atoms with van der Waals surface area (Å²) in [4.78, 5) is 15.8. The Kier molecular flexibility index (Phi) is 11.8. The lowest BCUT2D eigenvalue weighted by Gasteiger charge is -2.31. The van der Waals surface area contributed by atoms with Gasteiger partial charge >= 0.3 is 5.97 Å². The molecule has 25 heavy (non-hydrogen) atoms. The van der Waals surface area contributed by atoms with Gasteiger partial charge in [-0.1, -0.05) is 77.6 Å². The first-order chi connectivity index (χ1) is 12.1. The number of aliphatic imine (C=N–C) groups is 1. The maximum atomic E-state index is 11.2. The van der Waals surface area contributed by atoms with E-state index in [1.54, 1.807) is 0 Å². The highest BCUT2D eigenvalue weighted by molar-refractivity contribution is 5.80. The van der Waals surface area contributed by atoms with Crippen molar-refractivity contribution in [2.24, 2.45) is 4.99 Å². The number of carboxylic acid groups (broad SMARTS) is 1. The van der Waals surface area contributed by atoms with Crippen molar-refractivity contribution in [3.63, 3.8) is 0 Å². The van der Waals surface area contributed by atoms with E-state index in [0.29, 0.717) is 4.48 Å². The van der Waals surface area contributed by atoms with Gasteiger partial charge in [0.05, 0.1) is 13.1 Å². The number of unbranched alkanes of at least 4 members (excludes halogenated alkanes) is 11. The minimum Gasteiger partial charge on any atom is -0.477 e. The lowest BCUT2D eigenvalue weighted by Crippen LogP contribution is -2.53. The molecule has 0 saturated heterocycles. The second-order valence-corrected chi connectivity index (χ2v) is 7.67. The fraction of sp³-hybridized carbons (Fsp3) is 0.905. The van der Waals surface area contributed by atoms with Gasteiger partial charge in [0.2, 0.25) is 0 Å². The van der Waals surface area contributed by atoms with Crippen LogP contribution < -0.4 is 0 Å². The minimum absolute atomic E-state index is 0.202. The predicted molar refractivity (Wildman–Crippen MR) is 106 cm³/mol. The number of hydrogen-bond acceptors (Lipinski definition) is 2. The van der Waals surface area contributed by atoms with E-state index in [0.717, 1.165) is 38.3 Å². The first-order valence-electron chi connectivity index (χ1n) is 10.8. The number of carbonyl (C=O) groups is 1. The van der Waals surface area contributed by atoms with Crippen LogP contribution in [0.3, 0.4) is 0 Å². The largest absolute Gasteiger partial charge is 0.477 e. The first-order valence-corrected chi connectivity index (χ1v) is 10.8. The SMILES string of the molecule is CCCCCCCCCCCCCCC1=NCC[N+]1(CC)CC(=O)O. The van der Waals surface area contributed by atoms with Crippen molar-refractivity contribution in [2.45, 2.75) is 97.3 Å². The first kappa shape index (κ1) is 22.1. The molecule has 1 heterocycles. The number of rotatable bonds is 16. The molecule has 146 valence electrons. The molecule has 1 atom stereocenters. The van der Waals surface area contributed by atoms with Crippen molar-refractivity contribution in [1.82, 2.24) is 0 Å². The molecule has 1 unspecified atom stereocenters. The number of hydrogen-bond donors (Lipinski definition) is 1. The Morgan fingerprint density at radius 3 is 1.92 bits per heavy atom. The van der Waals surface area contributed by atoms with Crippen LogP contribution in [0.25, 0.3) is 0 Å². The minimum atomic E-state index is -0.703. The summed E-state index contributed by atoms with van der Waals surface area (Å²) >= 11 is 0. The number of nitrogens with zero attached hydrogens (tertiary/aromatic N) is 2. The highest BCUT2D eigenvalue weighted by atomic mass is 16.4. The Bertz CT molecular complexity index is 395. The molecule has 0 aromatic carbocycles. The molecule has 0 amide bonds. The molecule has 0 spiro atoms. The van der Waals surface area contributed by atoms with Crippen LogP contribution in [0, 0.1) is 0 Å². The van der Waals surface area contributed by atoms with Gasteiger partial charge < -0.3 is 5.11 Å². The third-order valence-electron chi connectivity index (χ3n) is 5.67. The molecular weight excluding hydrogens is 312 g/mol. The number of amidine groups is 1. The molecule has 1 aliphatic heterocycles. The quantitative estimate of drug-likeness (QED) is 0.298. The number of aliphatic carboxylic acids is 1. The lowest BCUT2D eigenvalue weighted by atomic mass is 10.0. The van der Waals surface area contributed by atoms with Crippen molar-refractivity contribution in [2.75, 3.05) is 26.2 Å². The van der Waals surface area contributed by atoms with E-state index in [-0.39, 0.29) is 6.54 Å². The molecule has 4 nitrogen and oxygen atoms in total. The van der Waals surface area contributed by atoms with Crippen LogP contribution in [0.5, 0.6) is 0 Å². The summed E-state index contributed by atoms with van der Waals surface area (Å²) in [5.74, 6) is 0.433. The number of quaternary nitrogens is 1. The molecule has 4 heteroatoms. The standard InChI is InChI=1S/C21H40N2O2/c1-3-5-6-7-8-9-10-11-12-13-14-15-16-20-22-17-18-23(20,4-2)19-21(24)25/h3-19H2,1-2H3/p+1. The summed E-state index contributed by atoms with van der Waals surface area (Å²) in [5, 5.41) is 9.19. The molecule has 0 aromatic heterocycles. The van der Waals surface area contributed by atoms with Gasteiger partial charge in [0.15, 0.2) is 12.4 Å². The second kappa shape index (κ2) is 13.3. The van der Waals surface area contributed by atoms with E-state index in [2.05, 4.69) is 18.8 Å². The fourth-order valence-corrected chi connectivity index (χ4v) is 3.97. The van der Waals surface area contributed by atoms with E-state index >= 15 is 0 Å². The number of carboxylic acids is 1. The van der Waals surface area contributed by atoms with Crippen LogP contribution in [0.2, 0.25) is 0 Å². The second-order valence-electron chi connectivity index (χ2n) is 7.67. The smallest absolute Gasteiger partial charge is 0.359 e. The molecule has 0 radical (unpaired) electrons. The third-order valence-corrected chi connectivity index (χ3v) is 5.67. The van der Waals surface area contributed by atoms with E-state index in [9.17, 15) is 9.90 Å². The van der Waals surface area contributed by atoms with E-state index in [1.165, 1.54) is 70.6 Å². The van der Waals surface area contributed by atoms with E-state index in [4.69, 9.17) is 0 Å². The van der Waals surface area contributed by atoms with Crippen molar-refractivity contribution >= 4 is 11.8 Å². The average molecular weight is 354 g/mol. The van der Waals surface area contributed by atoms with Gasteiger partial charge in [-0.15, -0.1) is 0 Å². The van der Waals surface area contributed by atoms with Crippen LogP contribution in [0.4, 0.5) is 0 Å². The summed E-state index contributed by atoms with van der Waals surface area (Å²) in [6.07, 6.45) is 17.2. The highest BCUT2D eigenvalue weighted by Gasteiger charge is 2.38. The van der Waals surface area contributed by atoms with Crippen LogP contribution in [0.15, 0.2) is 4.99 Å². The summed E-state index contributed by atoms with van der Waals surface area (Å²) in [5.41, 5.74) is 0. The van der Waals surface area contributed by atoms with Crippen LogP contribution in [-0.2, 0) is 4.79 Å². The van der Waals surface area contributed by atoms with Crippen molar-refractivity contribution < 1.29 is 14.4 Å². The molecule has 0 fully saturated rings. The topological polar surface area (TPSA) is 49.7 Å². The highest BCUT2D eigenvalue weighted by Crippen LogP contribution is 2.20. The third kappa shape index (κ3) is 8.84. The van der Waals surface area contributed by atoms with Gasteiger partial charge in [-0.05, 0) is 13.3 Å². The Morgan fingerprint density at radius 1 is 0.920 bits per heavy atom. The average Bonchev–Trinajstić information content (AvgIpc) is 2.98. The zero-order valence-electron chi connectivity index (χ0n) is 16.8. The van der Waals surface area contributed by atoms with Gasteiger partial charge in [-0.2, -0.15) is 0 Å². The fourth-order valence-electron chi connectivity index (χ4n) is 3.97. The summed E-state index contributed by atoms with van der Waals surface area (Å²) in [7, 11) is 0. The van der Waals surface area contributed by atoms with Gasteiger partial charge in [0, 0.05) is 6.42 Å². The van der Waals surface area contributed by atoms with Gasteiger partial charge in [-0.25, -0.2) is 9.79 Å². The molecular formula is C21H41N2O2+. The summed E-state index contributed by atoms with van der Waals surface area (Å²) < 4.78 is 0.591. The van der Waals surface area contributed by atoms with Crippen molar-refractivity contribution in [3.05, 3.63) is 0 Å². The Labute approximate surface area is 155 Å². The van der Waals surface area contributed by atoms with Crippen LogP contribution in [-0.4, -0.2) is 47.6 Å². The monoisotopic (exact) mass is 353 g/mol. The lowest BCUT2D eigenvalue weighted by molar-refractivity contribution is -0.826. The maximum Gasteiger partial charge on any atom is 0.359 e. The van der Waals surface area contributed by atoms with Gasteiger partial charge in [0.25, 0.3) is 0 Å². The van der Waals surface area contributed by atoms with Gasteiger partial charge in [0.1, 0.15) is 6.54 Å². The molecule has 1 N–H and O–H groups in total. The molecule has 0 saturated carbocycles. The number of likely N-dealkylation sites (N-methyl/N-ethyl adjacent to an activating group) is 1. The summed E-state index contributed by atoms with van der Waals surface area (Å²) in [6.45, 7) is 7.08. The van der Waals surface area contributed by atoms with Crippen molar-refractivity contribution in [1.29, 1.82) is 0 Å². The zero-order chi connectivity index (χ0) is 18.4. The molecule has 1 aliphatic rings. The van der Waals surface area contributed by atoms with Crippen LogP contribution in [0.1, 0.15) is 97.3 Å². The maximum absolute atomic E-state index is 11.2. The molecule has 0 aromatic rings. The molecule has 0 bridgehead atoms. The zero-order valence-corrected chi connectivity index (χ0v) is 16.8. The normalized spacial score (nSPS) is 20.0. The van der Waals surface area contributed by atoms with Gasteiger partial charge in [-0.3, -0.25) is 4.48 Å². The Balaban J connectivity index is 2.03. The Hall–Kier alpha value is -0.900.